The highest BCUT2D eigenvalue weighted by molar-refractivity contribution is 5.82. The van der Waals surface area contributed by atoms with Gasteiger partial charge in [-0.1, -0.05) is 0 Å². The third-order valence-corrected chi connectivity index (χ3v) is 2.55. The van der Waals surface area contributed by atoms with E-state index in [1.165, 1.54) is 6.92 Å². The monoisotopic (exact) mass is 245 g/mol. The second-order valence-electron chi connectivity index (χ2n) is 4.17. The van der Waals surface area contributed by atoms with Crippen LogP contribution in [0.5, 0.6) is 0 Å². The molecule has 7 heteroatoms. The second-order valence-corrected chi connectivity index (χ2v) is 4.17. The zero-order valence-electron chi connectivity index (χ0n) is 10.1. The minimum absolute atomic E-state index is 0.0420. The summed E-state index contributed by atoms with van der Waals surface area (Å²) < 4.78 is 5.45. The van der Waals surface area contributed by atoms with Crippen LogP contribution in [0.2, 0.25) is 0 Å². The lowest BCUT2D eigenvalue weighted by Gasteiger charge is -2.30. The number of carbonyl (C=O) groups is 2. The molecule has 2 atom stereocenters. The molecule has 1 fully saturated rings. The Morgan fingerprint density at radius 1 is 1.59 bits per heavy atom. The van der Waals surface area contributed by atoms with E-state index in [-0.39, 0.29) is 6.10 Å². The van der Waals surface area contributed by atoms with E-state index < -0.39 is 18.0 Å². The fourth-order valence-electron chi connectivity index (χ4n) is 1.51. The van der Waals surface area contributed by atoms with Gasteiger partial charge in [0.05, 0.1) is 12.7 Å². The van der Waals surface area contributed by atoms with E-state index in [9.17, 15) is 9.59 Å². The molecular weight excluding hydrogens is 226 g/mol. The number of carboxylic acid groups (broad SMARTS) is 1. The average molecular weight is 245 g/mol. The number of carbonyl (C=O) groups excluding carboxylic acids is 1. The minimum Gasteiger partial charge on any atom is -0.480 e. The number of nitrogens with one attached hydrogen (secondary N) is 2. The Morgan fingerprint density at radius 3 is 2.88 bits per heavy atom. The molecule has 0 radical (unpaired) electrons. The molecule has 98 valence electrons. The van der Waals surface area contributed by atoms with E-state index in [1.807, 2.05) is 7.05 Å². The van der Waals surface area contributed by atoms with Crippen LogP contribution in [0.4, 0.5) is 4.79 Å². The second kappa shape index (κ2) is 6.41. The van der Waals surface area contributed by atoms with Crippen LogP contribution in [-0.4, -0.2) is 67.4 Å². The van der Waals surface area contributed by atoms with Crippen LogP contribution in [0, 0.1) is 0 Å². The van der Waals surface area contributed by atoms with E-state index in [1.54, 1.807) is 0 Å². The van der Waals surface area contributed by atoms with Gasteiger partial charge in [0.1, 0.15) is 6.04 Å². The number of rotatable bonds is 4. The highest BCUT2D eigenvalue weighted by Gasteiger charge is 2.19. The van der Waals surface area contributed by atoms with Gasteiger partial charge in [-0.25, -0.2) is 4.79 Å². The number of amides is 2. The highest BCUT2D eigenvalue weighted by Crippen LogP contribution is 2.01. The number of urea groups is 1. The van der Waals surface area contributed by atoms with E-state index in [4.69, 9.17) is 9.84 Å². The molecule has 0 aromatic heterocycles. The van der Waals surface area contributed by atoms with Gasteiger partial charge in [0.25, 0.3) is 0 Å². The molecule has 0 aliphatic carbocycles. The molecule has 1 heterocycles. The molecule has 3 N–H and O–H groups in total. The summed E-state index contributed by atoms with van der Waals surface area (Å²) in [5, 5.41) is 13.5. The van der Waals surface area contributed by atoms with Crippen molar-refractivity contribution in [2.75, 3.05) is 33.3 Å². The summed E-state index contributed by atoms with van der Waals surface area (Å²) in [7, 11) is 1.99. The Bertz CT molecular complexity index is 285. The molecule has 17 heavy (non-hydrogen) atoms. The zero-order chi connectivity index (χ0) is 12.8. The lowest BCUT2D eigenvalue weighted by Crippen LogP contribution is -2.50. The molecule has 1 aliphatic rings. The predicted molar refractivity (Wildman–Crippen MR) is 60.9 cm³/mol. The first-order valence-electron chi connectivity index (χ1n) is 5.56. The Labute approximate surface area is 100 Å². The van der Waals surface area contributed by atoms with Crippen LogP contribution in [0.3, 0.4) is 0 Å². The number of nitrogens with zero attached hydrogens (tertiary/aromatic N) is 1. The molecule has 1 rings (SSSR count). The molecule has 0 aromatic carbocycles. The standard InChI is InChI=1S/C10H19N3O4/c1-7(9(14)15)12-10(16)11-5-8-6-13(2)3-4-17-8/h7-8H,3-6H2,1-2H3,(H,14,15)(H2,11,12,16)/t7-,8?/m1/s1. The van der Waals surface area contributed by atoms with Crippen molar-refractivity contribution in [1.82, 2.24) is 15.5 Å². The molecule has 0 saturated carbocycles. The van der Waals surface area contributed by atoms with Gasteiger partial charge in [-0.05, 0) is 14.0 Å². The quantitative estimate of drug-likeness (QED) is 0.596. The smallest absolute Gasteiger partial charge is 0.325 e. The Hall–Kier alpha value is -1.34. The number of aliphatic carboxylic acids is 1. The van der Waals surface area contributed by atoms with Gasteiger partial charge in [-0.15, -0.1) is 0 Å². The Kier molecular flexibility index (Phi) is 5.17. The number of hydrogen-bond donors (Lipinski definition) is 3. The van der Waals surface area contributed by atoms with Crippen molar-refractivity contribution >= 4 is 12.0 Å². The molecule has 0 aromatic rings. The number of hydrogen-bond acceptors (Lipinski definition) is 4. The molecular formula is C10H19N3O4. The average Bonchev–Trinajstić information content (AvgIpc) is 2.26. The fourth-order valence-corrected chi connectivity index (χ4v) is 1.51. The summed E-state index contributed by atoms with van der Waals surface area (Å²) in [5.41, 5.74) is 0. The van der Waals surface area contributed by atoms with Gasteiger partial charge in [0.15, 0.2) is 0 Å². The van der Waals surface area contributed by atoms with Crippen molar-refractivity contribution < 1.29 is 19.4 Å². The van der Waals surface area contributed by atoms with Crippen LogP contribution < -0.4 is 10.6 Å². The van der Waals surface area contributed by atoms with Gasteiger partial charge in [-0.3, -0.25) is 4.79 Å². The van der Waals surface area contributed by atoms with Crippen LogP contribution in [0.1, 0.15) is 6.92 Å². The molecule has 1 saturated heterocycles. The normalized spacial score (nSPS) is 22.8. The van der Waals surface area contributed by atoms with Gasteiger partial charge in [0, 0.05) is 19.6 Å². The van der Waals surface area contributed by atoms with Crippen molar-refractivity contribution in [1.29, 1.82) is 0 Å². The third kappa shape index (κ3) is 5.01. The first-order valence-corrected chi connectivity index (χ1v) is 5.56. The number of likely N-dealkylation sites (N-methyl/N-ethyl adjacent to an activating group) is 1. The van der Waals surface area contributed by atoms with Crippen LogP contribution in [0.25, 0.3) is 0 Å². The maximum Gasteiger partial charge on any atom is 0.325 e. The molecule has 0 bridgehead atoms. The topological polar surface area (TPSA) is 90.9 Å². The van der Waals surface area contributed by atoms with Crippen LogP contribution in [-0.2, 0) is 9.53 Å². The first kappa shape index (κ1) is 13.7. The van der Waals surface area contributed by atoms with Crippen LogP contribution in [0.15, 0.2) is 0 Å². The maximum atomic E-state index is 11.3. The summed E-state index contributed by atoms with van der Waals surface area (Å²) in [6, 6.07) is -1.39. The van der Waals surface area contributed by atoms with Gasteiger partial charge < -0.3 is 25.4 Å². The fraction of sp³-hybridized carbons (Fsp3) is 0.800. The maximum absolute atomic E-state index is 11.3. The van der Waals surface area contributed by atoms with Crippen LogP contribution >= 0.6 is 0 Å². The van der Waals surface area contributed by atoms with Crippen molar-refractivity contribution in [3.05, 3.63) is 0 Å². The first-order chi connectivity index (χ1) is 7.99. The number of morpholine rings is 1. The Morgan fingerprint density at radius 2 is 2.29 bits per heavy atom. The molecule has 2 amide bonds. The summed E-state index contributed by atoms with van der Waals surface area (Å²) in [6.45, 7) is 4.08. The van der Waals surface area contributed by atoms with Crippen molar-refractivity contribution in [3.63, 3.8) is 0 Å². The SMILES string of the molecule is C[C@@H](NC(=O)NCC1CN(C)CCO1)C(=O)O. The lowest BCUT2D eigenvalue weighted by atomic mass is 10.3. The Balaban J connectivity index is 2.21. The highest BCUT2D eigenvalue weighted by atomic mass is 16.5. The van der Waals surface area contributed by atoms with Gasteiger partial charge in [0.2, 0.25) is 0 Å². The summed E-state index contributed by atoms with van der Waals surface area (Å²) in [6.07, 6.45) is -0.0420. The predicted octanol–water partition coefficient (Wildman–Crippen LogP) is -0.911. The molecule has 7 nitrogen and oxygen atoms in total. The summed E-state index contributed by atoms with van der Waals surface area (Å²) in [4.78, 5) is 24.0. The van der Waals surface area contributed by atoms with E-state index >= 15 is 0 Å². The zero-order valence-corrected chi connectivity index (χ0v) is 10.1. The summed E-state index contributed by atoms with van der Waals surface area (Å²) >= 11 is 0. The van der Waals surface area contributed by atoms with Crippen molar-refractivity contribution in [2.45, 2.75) is 19.1 Å². The van der Waals surface area contributed by atoms with Crippen molar-refractivity contribution in [2.24, 2.45) is 0 Å². The minimum atomic E-state index is -1.06. The van der Waals surface area contributed by atoms with Gasteiger partial charge >= 0.3 is 12.0 Å². The molecule has 0 spiro atoms. The molecule has 1 unspecified atom stereocenters. The lowest BCUT2D eigenvalue weighted by molar-refractivity contribution is -0.138. The third-order valence-electron chi connectivity index (χ3n) is 2.55. The van der Waals surface area contributed by atoms with E-state index in [0.29, 0.717) is 13.2 Å². The summed E-state index contributed by atoms with van der Waals surface area (Å²) in [5.74, 6) is -1.06. The van der Waals surface area contributed by atoms with E-state index in [2.05, 4.69) is 15.5 Å². The number of carboxylic acids is 1. The molecule has 1 aliphatic heterocycles. The largest absolute Gasteiger partial charge is 0.480 e. The van der Waals surface area contributed by atoms with E-state index in [0.717, 1.165) is 13.1 Å². The number of ether oxygens (including phenoxy) is 1. The van der Waals surface area contributed by atoms with Crippen molar-refractivity contribution in [3.8, 4) is 0 Å². The van der Waals surface area contributed by atoms with Gasteiger partial charge in [-0.2, -0.15) is 0 Å².